The fourth-order valence-corrected chi connectivity index (χ4v) is 1.85. The number of halogens is 3. The fourth-order valence-electron chi connectivity index (χ4n) is 1.85. The Morgan fingerprint density at radius 2 is 1.95 bits per heavy atom. The Bertz CT molecular complexity index is 528. The van der Waals surface area contributed by atoms with Gasteiger partial charge in [-0.3, -0.25) is 9.59 Å². The van der Waals surface area contributed by atoms with Crippen molar-refractivity contribution in [2.75, 3.05) is 13.6 Å². The molecule has 1 amide bonds. The maximum absolute atomic E-state index is 12.6. The number of nitrogens with zero attached hydrogens (tertiary/aromatic N) is 1. The predicted molar refractivity (Wildman–Crippen MR) is 69.7 cm³/mol. The fraction of sp³-hybridized carbons (Fsp3) is 0.429. The smallest absolute Gasteiger partial charge is 0.416 e. The molecule has 21 heavy (non-hydrogen) atoms. The molecule has 4 nitrogen and oxygen atoms in total. The van der Waals surface area contributed by atoms with Crippen LogP contribution in [0, 0.1) is 0 Å². The highest BCUT2D eigenvalue weighted by molar-refractivity contribution is 5.81. The topological polar surface area (TPSA) is 57.6 Å². The number of hydrogen-bond acceptors (Lipinski definition) is 2. The van der Waals surface area contributed by atoms with Crippen LogP contribution in [0.25, 0.3) is 0 Å². The standard InChI is InChI=1S/C14H16F3NO3/c1-9(6-12(19)18(2)8-13(20)21)10-4-3-5-11(7-10)14(15,16)17/h3-5,7,9H,6,8H2,1-2H3,(H,20,21). The van der Waals surface area contributed by atoms with Gasteiger partial charge in [0, 0.05) is 13.5 Å². The van der Waals surface area contributed by atoms with Gasteiger partial charge in [-0.1, -0.05) is 25.1 Å². The Kier molecular flexibility index (Phi) is 5.34. The molecule has 1 atom stereocenters. The second kappa shape index (κ2) is 6.60. The normalized spacial score (nSPS) is 12.8. The summed E-state index contributed by atoms with van der Waals surface area (Å²) in [6.07, 6.45) is -4.48. The van der Waals surface area contributed by atoms with Gasteiger partial charge in [0.2, 0.25) is 5.91 Å². The van der Waals surface area contributed by atoms with Crippen molar-refractivity contribution in [3.05, 3.63) is 35.4 Å². The summed E-state index contributed by atoms with van der Waals surface area (Å²) in [6, 6.07) is 4.79. The Balaban J connectivity index is 2.78. The average Bonchev–Trinajstić information content (AvgIpc) is 2.37. The van der Waals surface area contributed by atoms with Crippen molar-refractivity contribution in [1.29, 1.82) is 0 Å². The summed E-state index contributed by atoms with van der Waals surface area (Å²) in [5.74, 6) is -2.00. The van der Waals surface area contributed by atoms with Crippen molar-refractivity contribution < 1.29 is 27.9 Å². The van der Waals surface area contributed by atoms with E-state index in [2.05, 4.69) is 0 Å². The van der Waals surface area contributed by atoms with Crippen LogP contribution in [0.5, 0.6) is 0 Å². The van der Waals surface area contributed by atoms with Crippen LogP contribution in [-0.2, 0) is 15.8 Å². The maximum Gasteiger partial charge on any atom is 0.416 e. The molecule has 1 aromatic rings. The molecule has 0 saturated carbocycles. The van der Waals surface area contributed by atoms with E-state index in [0.29, 0.717) is 5.56 Å². The van der Waals surface area contributed by atoms with Crippen molar-refractivity contribution in [1.82, 2.24) is 4.90 Å². The molecule has 7 heteroatoms. The van der Waals surface area contributed by atoms with Gasteiger partial charge in [-0.2, -0.15) is 13.2 Å². The van der Waals surface area contributed by atoms with Crippen molar-refractivity contribution in [2.45, 2.75) is 25.4 Å². The van der Waals surface area contributed by atoms with Crippen LogP contribution in [0.2, 0.25) is 0 Å². The molecule has 0 fully saturated rings. The lowest BCUT2D eigenvalue weighted by Crippen LogP contribution is -2.32. The third kappa shape index (κ3) is 5.09. The van der Waals surface area contributed by atoms with Crippen LogP contribution in [0.1, 0.15) is 30.4 Å². The number of carboxylic acid groups (broad SMARTS) is 1. The zero-order chi connectivity index (χ0) is 16.2. The molecule has 0 aromatic heterocycles. The summed E-state index contributed by atoms with van der Waals surface area (Å²) >= 11 is 0. The van der Waals surface area contributed by atoms with Crippen molar-refractivity contribution in [3.63, 3.8) is 0 Å². The lowest BCUT2D eigenvalue weighted by Gasteiger charge is -2.18. The first-order valence-corrected chi connectivity index (χ1v) is 6.24. The highest BCUT2D eigenvalue weighted by Gasteiger charge is 2.30. The Morgan fingerprint density at radius 1 is 1.33 bits per heavy atom. The molecule has 0 bridgehead atoms. The average molecular weight is 303 g/mol. The third-order valence-corrected chi connectivity index (χ3v) is 3.06. The minimum atomic E-state index is -4.43. The van der Waals surface area contributed by atoms with Crippen LogP contribution >= 0.6 is 0 Å². The zero-order valence-electron chi connectivity index (χ0n) is 11.6. The molecule has 1 unspecified atom stereocenters. The van der Waals surface area contributed by atoms with Gasteiger partial charge in [0.05, 0.1) is 5.56 Å². The van der Waals surface area contributed by atoms with Gasteiger partial charge in [-0.25, -0.2) is 0 Å². The Labute approximate surface area is 120 Å². The van der Waals surface area contributed by atoms with Gasteiger partial charge in [0.1, 0.15) is 6.54 Å². The third-order valence-electron chi connectivity index (χ3n) is 3.06. The first kappa shape index (κ1) is 17.0. The van der Waals surface area contributed by atoms with E-state index in [9.17, 15) is 22.8 Å². The molecule has 0 aliphatic carbocycles. The highest BCUT2D eigenvalue weighted by Crippen LogP contribution is 2.31. The number of aliphatic carboxylic acids is 1. The van der Waals surface area contributed by atoms with Gasteiger partial charge in [-0.05, 0) is 17.5 Å². The zero-order valence-corrected chi connectivity index (χ0v) is 11.6. The second-order valence-corrected chi connectivity index (χ2v) is 4.87. The number of benzene rings is 1. The summed E-state index contributed by atoms with van der Waals surface area (Å²) in [7, 11) is 1.34. The van der Waals surface area contributed by atoms with Gasteiger partial charge < -0.3 is 10.0 Å². The number of hydrogen-bond donors (Lipinski definition) is 1. The molecule has 1 N–H and O–H groups in total. The predicted octanol–water partition coefficient (Wildman–Crippen LogP) is 2.74. The van der Waals surface area contributed by atoms with Crippen LogP contribution < -0.4 is 0 Å². The van der Waals surface area contributed by atoms with Crippen LogP contribution in [0.4, 0.5) is 13.2 Å². The number of alkyl halides is 3. The Hall–Kier alpha value is -2.05. The van der Waals surface area contributed by atoms with Crippen molar-refractivity contribution in [2.24, 2.45) is 0 Å². The number of carbonyl (C=O) groups is 2. The summed E-state index contributed by atoms with van der Waals surface area (Å²) in [5, 5.41) is 8.59. The van der Waals surface area contributed by atoms with E-state index in [4.69, 9.17) is 5.11 Å². The molecule has 116 valence electrons. The van der Waals surface area contributed by atoms with Crippen molar-refractivity contribution >= 4 is 11.9 Å². The molecule has 0 aliphatic rings. The van der Waals surface area contributed by atoms with Crippen molar-refractivity contribution in [3.8, 4) is 0 Å². The summed E-state index contributed by atoms with van der Waals surface area (Å²) in [4.78, 5) is 23.3. The maximum atomic E-state index is 12.6. The van der Waals surface area contributed by atoms with Gasteiger partial charge in [0.25, 0.3) is 0 Å². The summed E-state index contributed by atoms with van der Waals surface area (Å²) in [5.41, 5.74) is -0.375. The van der Waals surface area contributed by atoms with Gasteiger partial charge >= 0.3 is 12.1 Å². The summed E-state index contributed by atoms with van der Waals surface area (Å²) in [6.45, 7) is 1.19. The number of carboxylic acids is 1. The molecule has 0 spiro atoms. The molecule has 0 saturated heterocycles. The monoisotopic (exact) mass is 303 g/mol. The van der Waals surface area contributed by atoms with E-state index in [0.717, 1.165) is 17.0 Å². The first-order chi connectivity index (χ1) is 9.61. The SMILES string of the molecule is CC(CC(=O)N(C)CC(=O)O)c1cccc(C(F)(F)F)c1. The second-order valence-electron chi connectivity index (χ2n) is 4.87. The molecule has 1 aromatic carbocycles. The van der Waals surface area contributed by atoms with Gasteiger partial charge in [0.15, 0.2) is 0 Å². The quantitative estimate of drug-likeness (QED) is 0.910. The first-order valence-electron chi connectivity index (χ1n) is 6.24. The minimum Gasteiger partial charge on any atom is -0.480 e. The molecule has 0 radical (unpaired) electrons. The van der Waals surface area contributed by atoms with Gasteiger partial charge in [-0.15, -0.1) is 0 Å². The molecule has 1 rings (SSSR count). The lowest BCUT2D eigenvalue weighted by atomic mass is 9.95. The number of rotatable bonds is 5. The van der Waals surface area contributed by atoms with E-state index in [-0.39, 0.29) is 6.42 Å². The molecule has 0 aliphatic heterocycles. The highest BCUT2D eigenvalue weighted by atomic mass is 19.4. The molecule has 0 heterocycles. The number of carbonyl (C=O) groups excluding carboxylic acids is 1. The largest absolute Gasteiger partial charge is 0.480 e. The molecular formula is C14H16F3NO3. The summed E-state index contributed by atoms with van der Waals surface area (Å²) < 4.78 is 37.9. The van der Waals surface area contributed by atoms with Crippen LogP contribution in [0.15, 0.2) is 24.3 Å². The molecular weight excluding hydrogens is 287 g/mol. The van der Waals surface area contributed by atoms with E-state index in [1.807, 2.05) is 0 Å². The van der Waals surface area contributed by atoms with Crippen LogP contribution in [0.3, 0.4) is 0 Å². The van der Waals surface area contributed by atoms with E-state index < -0.39 is 36.1 Å². The van der Waals surface area contributed by atoms with E-state index in [1.165, 1.54) is 19.2 Å². The van der Waals surface area contributed by atoms with E-state index in [1.54, 1.807) is 6.92 Å². The number of likely N-dealkylation sites (N-methyl/N-ethyl adjacent to an activating group) is 1. The Morgan fingerprint density at radius 3 is 2.48 bits per heavy atom. The number of amides is 1. The minimum absolute atomic E-state index is 0.0505. The van der Waals surface area contributed by atoms with E-state index >= 15 is 0 Å². The van der Waals surface area contributed by atoms with Crippen LogP contribution in [-0.4, -0.2) is 35.5 Å². The lowest BCUT2D eigenvalue weighted by molar-refractivity contribution is -0.143.